The fourth-order valence-electron chi connectivity index (χ4n) is 2.12. The number of sulfonamides is 1. The average Bonchev–Trinajstić information content (AvgIpc) is 2.58. The maximum Gasteiger partial charge on any atom is 0.264 e. The van der Waals surface area contributed by atoms with Crippen molar-refractivity contribution < 1.29 is 13.2 Å². The van der Waals surface area contributed by atoms with Crippen LogP contribution in [0, 0.1) is 6.92 Å². The Morgan fingerprint density at radius 3 is 2.38 bits per heavy atom. The van der Waals surface area contributed by atoms with E-state index in [-0.39, 0.29) is 11.4 Å². The topological polar surface area (TPSA) is 78.8 Å². The number of nitrogens with one attached hydrogen (secondary N) is 1. The second-order valence-corrected chi connectivity index (χ2v) is 8.68. The smallest absolute Gasteiger partial charge is 0.264 e. The number of carbonyl (C=O) groups excluding carboxylic acids is 1. The van der Waals surface area contributed by atoms with Gasteiger partial charge in [0.1, 0.15) is 6.54 Å². The Bertz CT molecular complexity index is 921. The normalized spacial score (nSPS) is 10.9. The number of hydrazone groups is 1. The summed E-state index contributed by atoms with van der Waals surface area (Å²) in [5.41, 5.74) is 4.35. The van der Waals surface area contributed by atoms with Gasteiger partial charge in [0.05, 0.1) is 10.6 Å². The molecule has 0 fully saturated rings. The SMILES string of the molecule is CC(C)=NNC(=O)CN(c1cccc(Br)c1)S(=O)(=O)c1ccc(C)cc1. The fraction of sp³-hybridized carbons (Fsp3) is 0.222. The van der Waals surface area contributed by atoms with Crippen LogP contribution in [-0.4, -0.2) is 26.6 Å². The molecule has 26 heavy (non-hydrogen) atoms. The van der Waals surface area contributed by atoms with Gasteiger partial charge in [-0.2, -0.15) is 5.10 Å². The molecule has 6 nitrogen and oxygen atoms in total. The molecule has 2 rings (SSSR count). The molecule has 2 aromatic carbocycles. The van der Waals surface area contributed by atoms with Crippen LogP contribution in [0.5, 0.6) is 0 Å². The molecule has 138 valence electrons. The van der Waals surface area contributed by atoms with Crippen molar-refractivity contribution in [3.05, 3.63) is 58.6 Å². The monoisotopic (exact) mass is 437 g/mol. The molecule has 8 heteroatoms. The zero-order valence-electron chi connectivity index (χ0n) is 14.7. The Balaban J connectivity index is 2.44. The average molecular weight is 438 g/mol. The van der Waals surface area contributed by atoms with Crippen LogP contribution in [-0.2, 0) is 14.8 Å². The Kier molecular flexibility index (Phi) is 6.55. The lowest BCUT2D eigenvalue weighted by atomic mass is 10.2. The third-order valence-corrected chi connectivity index (χ3v) is 5.68. The third kappa shape index (κ3) is 5.15. The van der Waals surface area contributed by atoms with Crippen molar-refractivity contribution in [2.45, 2.75) is 25.7 Å². The summed E-state index contributed by atoms with van der Waals surface area (Å²) in [5.74, 6) is -0.526. The van der Waals surface area contributed by atoms with E-state index in [4.69, 9.17) is 0 Å². The molecular weight excluding hydrogens is 418 g/mol. The van der Waals surface area contributed by atoms with Gasteiger partial charge in [0, 0.05) is 10.2 Å². The van der Waals surface area contributed by atoms with Crippen LogP contribution in [0.3, 0.4) is 0 Å². The highest BCUT2D eigenvalue weighted by molar-refractivity contribution is 9.10. The van der Waals surface area contributed by atoms with Crippen LogP contribution >= 0.6 is 15.9 Å². The molecule has 0 aromatic heterocycles. The van der Waals surface area contributed by atoms with Crippen LogP contribution in [0.2, 0.25) is 0 Å². The number of benzene rings is 2. The maximum atomic E-state index is 13.1. The molecule has 1 N–H and O–H groups in total. The summed E-state index contributed by atoms with van der Waals surface area (Å²) in [7, 11) is -3.92. The van der Waals surface area contributed by atoms with E-state index in [0.29, 0.717) is 15.9 Å². The van der Waals surface area contributed by atoms with Crippen molar-refractivity contribution in [1.29, 1.82) is 0 Å². The molecule has 0 atom stereocenters. The van der Waals surface area contributed by atoms with Gasteiger partial charge in [-0.3, -0.25) is 9.10 Å². The summed E-state index contributed by atoms with van der Waals surface area (Å²) in [6.07, 6.45) is 0. The summed E-state index contributed by atoms with van der Waals surface area (Å²) in [4.78, 5) is 12.3. The van der Waals surface area contributed by atoms with E-state index in [1.807, 2.05) is 6.92 Å². The Hall–Kier alpha value is -2.19. The molecule has 0 radical (unpaired) electrons. The van der Waals surface area contributed by atoms with Gasteiger partial charge in [-0.25, -0.2) is 13.8 Å². The number of rotatable bonds is 6. The van der Waals surface area contributed by atoms with Crippen molar-refractivity contribution in [1.82, 2.24) is 5.43 Å². The van der Waals surface area contributed by atoms with Gasteiger partial charge in [0.2, 0.25) is 0 Å². The highest BCUT2D eigenvalue weighted by atomic mass is 79.9. The Morgan fingerprint density at radius 2 is 1.81 bits per heavy atom. The number of aryl methyl sites for hydroxylation is 1. The van der Waals surface area contributed by atoms with E-state index in [0.717, 1.165) is 9.87 Å². The lowest BCUT2D eigenvalue weighted by molar-refractivity contribution is -0.119. The second-order valence-electron chi connectivity index (χ2n) is 5.90. The fourth-order valence-corrected chi connectivity index (χ4v) is 3.92. The minimum Gasteiger partial charge on any atom is -0.271 e. The minimum atomic E-state index is -3.92. The number of anilines is 1. The number of hydrogen-bond donors (Lipinski definition) is 1. The first-order valence-electron chi connectivity index (χ1n) is 7.85. The number of halogens is 1. The molecule has 1 amide bonds. The molecule has 0 heterocycles. The zero-order valence-corrected chi connectivity index (χ0v) is 17.1. The van der Waals surface area contributed by atoms with E-state index in [9.17, 15) is 13.2 Å². The quantitative estimate of drug-likeness (QED) is 0.554. The maximum absolute atomic E-state index is 13.1. The molecular formula is C18H20BrN3O3S. The number of amides is 1. The highest BCUT2D eigenvalue weighted by Crippen LogP contribution is 2.26. The number of hydrogen-bond acceptors (Lipinski definition) is 4. The van der Waals surface area contributed by atoms with E-state index in [1.54, 1.807) is 50.2 Å². The predicted molar refractivity (Wildman–Crippen MR) is 107 cm³/mol. The summed E-state index contributed by atoms with van der Waals surface area (Å²) in [5, 5.41) is 3.84. The van der Waals surface area contributed by atoms with Crippen LogP contribution in [0.25, 0.3) is 0 Å². The molecule has 2 aromatic rings. The van der Waals surface area contributed by atoms with Gasteiger partial charge >= 0.3 is 0 Å². The summed E-state index contributed by atoms with van der Waals surface area (Å²) in [6, 6.07) is 13.3. The lowest BCUT2D eigenvalue weighted by Crippen LogP contribution is -2.39. The summed E-state index contributed by atoms with van der Waals surface area (Å²) < 4.78 is 28.0. The van der Waals surface area contributed by atoms with Gasteiger partial charge in [-0.15, -0.1) is 0 Å². The molecule has 0 saturated heterocycles. The van der Waals surface area contributed by atoms with E-state index < -0.39 is 15.9 Å². The Morgan fingerprint density at radius 1 is 1.15 bits per heavy atom. The highest BCUT2D eigenvalue weighted by Gasteiger charge is 2.27. The first kappa shape index (κ1) is 20.1. The number of nitrogens with zero attached hydrogens (tertiary/aromatic N) is 2. The van der Waals surface area contributed by atoms with Crippen LogP contribution < -0.4 is 9.73 Å². The van der Waals surface area contributed by atoms with Crippen molar-refractivity contribution in [3.63, 3.8) is 0 Å². The second kappa shape index (κ2) is 8.46. The van der Waals surface area contributed by atoms with E-state index in [2.05, 4.69) is 26.5 Å². The molecule has 0 unspecified atom stereocenters. The van der Waals surface area contributed by atoms with Gasteiger partial charge < -0.3 is 0 Å². The van der Waals surface area contributed by atoms with Crippen LogP contribution in [0.1, 0.15) is 19.4 Å². The van der Waals surface area contributed by atoms with Gasteiger partial charge in [-0.05, 0) is 51.1 Å². The Labute approximate surface area is 162 Å². The van der Waals surface area contributed by atoms with Crippen molar-refractivity contribution >= 4 is 43.3 Å². The van der Waals surface area contributed by atoms with Gasteiger partial charge in [0.15, 0.2) is 0 Å². The largest absolute Gasteiger partial charge is 0.271 e. The zero-order chi connectivity index (χ0) is 19.3. The van der Waals surface area contributed by atoms with Crippen molar-refractivity contribution in [3.8, 4) is 0 Å². The van der Waals surface area contributed by atoms with E-state index >= 15 is 0 Å². The van der Waals surface area contributed by atoms with Crippen molar-refractivity contribution in [2.24, 2.45) is 5.10 Å². The minimum absolute atomic E-state index is 0.117. The predicted octanol–water partition coefficient (Wildman–Crippen LogP) is 3.46. The summed E-state index contributed by atoms with van der Waals surface area (Å²) in [6.45, 7) is 4.95. The first-order valence-corrected chi connectivity index (χ1v) is 10.1. The molecule has 0 bridgehead atoms. The van der Waals surface area contributed by atoms with Gasteiger partial charge in [-0.1, -0.05) is 39.7 Å². The molecule has 0 aliphatic carbocycles. The number of carbonyl (C=O) groups is 1. The lowest BCUT2D eigenvalue weighted by Gasteiger charge is -2.24. The third-order valence-electron chi connectivity index (χ3n) is 3.40. The van der Waals surface area contributed by atoms with Crippen molar-refractivity contribution in [2.75, 3.05) is 10.8 Å². The molecule has 0 aliphatic rings. The van der Waals surface area contributed by atoms with E-state index in [1.165, 1.54) is 12.1 Å². The molecule has 0 spiro atoms. The standard InChI is InChI=1S/C18H20BrN3O3S/c1-13(2)20-21-18(23)12-22(16-6-4-5-15(19)11-16)26(24,25)17-9-7-14(3)8-10-17/h4-11H,12H2,1-3H3,(H,21,23). The molecule has 0 saturated carbocycles. The summed E-state index contributed by atoms with van der Waals surface area (Å²) >= 11 is 3.34. The molecule has 0 aliphatic heterocycles. The van der Waals surface area contributed by atoms with Crippen LogP contribution in [0.15, 0.2) is 63.0 Å². The van der Waals surface area contributed by atoms with Crippen LogP contribution in [0.4, 0.5) is 5.69 Å². The first-order chi connectivity index (χ1) is 12.2. The van der Waals surface area contributed by atoms with Gasteiger partial charge in [0.25, 0.3) is 15.9 Å².